The lowest BCUT2D eigenvalue weighted by Gasteiger charge is -2.24. The van der Waals surface area contributed by atoms with E-state index in [1.165, 1.54) is 24.3 Å². The van der Waals surface area contributed by atoms with Crippen LogP contribution in [0.1, 0.15) is 25.0 Å². The van der Waals surface area contributed by atoms with Gasteiger partial charge in [0, 0.05) is 11.6 Å². The smallest absolute Gasteiger partial charge is 0.264 e. The van der Waals surface area contributed by atoms with Gasteiger partial charge in [-0.15, -0.1) is 0 Å². The van der Waals surface area contributed by atoms with Gasteiger partial charge in [0.15, 0.2) is 11.5 Å². The molecule has 9 heteroatoms. The highest BCUT2D eigenvalue weighted by Gasteiger charge is 2.27. The van der Waals surface area contributed by atoms with Crippen molar-refractivity contribution >= 4 is 33.2 Å². The molecule has 7 nitrogen and oxygen atoms in total. The van der Waals surface area contributed by atoms with Gasteiger partial charge in [0.2, 0.25) is 5.91 Å². The third kappa shape index (κ3) is 6.90. The molecule has 3 aromatic carbocycles. The lowest BCUT2D eigenvalue weighted by atomic mass is 10.2. The minimum absolute atomic E-state index is 0.00945. The fraction of sp³-hybridized carbons (Fsp3) is 0.269. The Kier molecular flexibility index (Phi) is 8.64. The van der Waals surface area contributed by atoms with E-state index < -0.39 is 15.9 Å². The first-order valence-corrected chi connectivity index (χ1v) is 12.9. The van der Waals surface area contributed by atoms with Gasteiger partial charge >= 0.3 is 0 Å². The summed E-state index contributed by atoms with van der Waals surface area (Å²) < 4.78 is 39.0. The average molecular weight is 517 g/mol. The summed E-state index contributed by atoms with van der Waals surface area (Å²) in [5.41, 5.74) is 2.15. The fourth-order valence-electron chi connectivity index (χ4n) is 3.32. The number of ether oxygens (including phenoxy) is 2. The number of nitrogens with one attached hydrogen (secondary N) is 1. The number of hydrogen-bond donors (Lipinski definition) is 1. The van der Waals surface area contributed by atoms with Crippen molar-refractivity contribution in [1.29, 1.82) is 0 Å². The fourth-order valence-corrected chi connectivity index (χ4v) is 4.87. The minimum Gasteiger partial charge on any atom is -0.493 e. The molecule has 186 valence electrons. The molecule has 0 saturated heterocycles. The third-order valence-electron chi connectivity index (χ3n) is 5.09. The number of nitrogens with zero attached hydrogens (tertiary/aromatic N) is 1. The number of hydrogen-bond acceptors (Lipinski definition) is 5. The van der Waals surface area contributed by atoms with E-state index in [2.05, 4.69) is 5.32 Å². The van der Waals surface area contributed by atoms with Crippen LogP contribution in [0.2, 0.25) is 5.02 Å². The van der Waals surface area contributed by atoms with E-state index in [1.807, 2.05) is 26.8 Å². The summed E-state index contributed by atoms with van der Waals surface area (Å²) in [4.78, 5) is 12.9. The van der Waals surface area contributed by atoms with Crippen LogP contribution in [0.4, 0.5) is 5.69 Å². The quantitative estimate of drug-likeness (QED) is 0.412. The van der Waals surface area contributed by atoms with Gasteiger partial charge in [-0.1, -0.05) is 35.4 Å². The van der Waals surface area contributed by atoms with Crippen LogP contribution in [0.5, 0.6) is 11.5 Å². The Bertz CT molecular complexity index is 1260. The van der Waals surface area contributed by atoms with Gasteiger partial charge in [0.05, 0.1) is 23.8 Å². The lowest BCUT2D eigenvalue weighted by molar-refractivity contribution is -0.119. The second-order valence-electron chi connectivity index (χ2n) is 8.23. The molecule has 0 atom stereocenters. The standard InChI is InChI=1S/C26H29ClN2O5S/c1-18(2)34-24-14-7-20(15-25(24)33-4)16-28-26(30)17-29(22-10-5-19(3)6-11-22)35(31,32)23-12-8-21(27)9-13-23/h5-15,18H,16-17H2,1-4H3,(H,28,30). The van der Waals surface area contributed by atoms with Crippen molar-refractivity contribution in [3.8, 4) is 11.5 Å². The molecule has 0 radical (unpaired) electrons. The monoisotopic (exact) mass is 516 g/mol. The Labute approximate surface area is 211 Å². The average Bonchev–Trinajstić information content (AvgIpc) is 2.82. The maximum atomic E-state index is 13.4. The van der Waals surface area contributed by atoms with Crippen LogP contribution in [0.3, 0.4) is 0 Å². The summed E-state index contributed by atoms with van der Waals surface area (Å²) in [6.45, 7) is 5.55. The second-order valence-corrected chi connectivity index (χ2v) is 10.5. The zero-order valence-corrected chi connectivity index (χ0v) is 21.7. The molecule has 0 aliphatic rings. The van der Waals surface area contributed by atoms with Crippen molar-refractivity contribution in [2.45, 2.75) is 38.3 Å². The second kappa shape index (κ2) is 11.5. The van der Waals surface area contributed by atoms with Crippen LogP contribution in [0.25, 0.3) is 0 Å². The Morgan fingerprint density at radius 1 is 1.00 bits per heavy atom. The van der Waals surface area contributed by atoms with Crippen molar-refractivity contribution in [1.82, 2.24) is 5.32 Å². The minimum atomic E-state index is -4.01. The number of amides is 1. The van der Waals surface area contributed by atoms with Gasteiger partial charge in [-0.05, 0) is 74.9 Å². The third-order valence-corrected chi connectivity index (χ3v) is 7.13. The Morgan fingerprint density at radius 3 is 2.26 bits per heavy atom. The molecule has 1 amide bonds. The summed E-state index contributed by atoms with van der Waals surface area (Å²) in [5.74, 6) is 0.707. The molecular weight excluding hydrogens is 488 g/mol. The van der Waals surface area contributed by atoms with Crippen molar-refractivity contribution in [3.05, 3.63) is 82.9 Å². The van der Waals surface area contributed by atoms with E-state index in [9.17, 15) is 13.2 Å². The molecule has 0 saturated carbocycles. The molecule has 3 rings (SSSR count). The van der Waals surface area contributed by atoms with Gasteiger partial charge in [-0.3, -0.25) is 9.10 Å². The Hall–Kier alpha value is -3.23. The van der Waals surface area contributed by atoms with E-state index in [0.717, 1.165) is 15.4 Å². The van der Waals surface area contributed by atoms with Crippen molar-refractivity contribution in [3.63, 3.8) is 0 Å². The molecule has 0 spiro atoms. The van der Waals surface area contributed by atoms with Crippen LogP contribution in [0.15, 0.2) is 71.6 Å². The molecule has 0 unspecified atom stereocenters. The number of benzene rings is 3. The molecular formula is C26H29ClN2O5S. The highest BCUT2D eigenvalue weighted by Crippen LogP contribution is 2.29. The summed E-state index contributed by atoms with van der Waals surface area (Å²) in [7, 11) is -2.46. The maximum Gasteiger partial charge on any atom is 0.264 e. The molecule has 3 aromatic rings. The summed E-state index contributed by atoms with van der Waals surface area (Å²) in [6, 6.07) is 18.2. The summed E-state index contributed by atoms with van der Waals surface area (Å²) in [6.07, 6.45) is -0.00945. The topological polar surface area (TPSA) is 84.9 Å². The SMILES string of the molecule is COc1cc(CNC(=O)CN(c2ccc(C)cc2)S(=O)(=O)c2ccc(Cl)cc2)ccc1OC(C)C. The van der Waals surface area contributed by atoms with Crippen LogP contribution in [0, 0.1) is 6.92 Å². The van der Waals surface area contributed by atoms with Gasteiger partial charge in [-0.25, -0.2) is 8.42 Å². The number of anilines is 1. The Morgan fingerprint density at radius 2 is 1.66 bits per heavy atom. The number of halogens is 1. The van der Waals surface area contributed by atoms with Gasteiger partial charge in [0.1, 0.15) is 6.54 Å². The van der Waals surface area contributed by atoms with Gasteiger partial charge in [0.25, 0.3) is 10.0 Å². The van der Waals surface area contributed by atoms with E-state index in [1.54, 1.807) is 43.5 Å². The van der Waals surface area contributed by atoms with Crippen molar-refractivity contribution < 1.29 is 22.7 Å². The lowest BCUT2D eigenvalue weighted by Crippen LogP contribution is -2.40. The molecule has 0 aliphatic carbocycles. The number of methoxy groups -OCH3 is 1. The van der Waals surface area contributed by atoms with Crippen LogP contribution >= 0.6 is 11.6 Å². The molecule has 1 N–H and O–H groups in total. The predicted octanol–water partition coefficient (Wildman–Crippen LogP) is 4.96. The molecule has 0 aliphatic heterocycles. The predicted molar refractivity (Wildman–Crippen MR) is 138 cm³/mol. The zero-order valence-electron chi connectivity index (χ0n) is 20.1. The molecule has 0 fully saturated rings. The molecule has 0 heterocycles. The first-order valence-electron chi connectivity index (χ1n) is 11.1. The largest absolute Gasteiger partial charge is 0.493 e. The number of sulfonamides is 1. The van der Waals surface area contributed by atoms with E-state index in [0.29, 0.717) is 22.2 Å². The van der Waals surface area contributed by atoms with Crippen LogP contribution in [-0.4, -0.2) is 34.1 Å². The maximum absolute atomic E-state index is 13.4. The Balaban J connectivity index is 1.79. The van der Waals surface area contributed by atoms with E-state index in [4.69, 9.17) is 21.1 Å². The molecule has 0 aromatic heterocycles. The van der Waals surface area contributed by atoms with Crippen LogP contribution in [-0.2, 0) is 21.4 Å². The number of carbonyl (C=O) groups is 1. The van der Waals surface area contributed by atoms with E-state index >= 15 is 0 Å². The van der Waals surface area contributed by atoms with Crippen LogP contribution < -0.4 is 19.1 Å². The highest BCUT2D eigenvalue weighted by atomic mass is 35.5. The van der Waals surface area contributed by atoms with Gasteiger partial charge < -0.3 is 14.8 Å². The number of aryl methyl sites for hydroxylation is 1. The first kappa shape index (κ1) is 26.4. The highest BCUT2D eigenvalue weighted by molar-refractivity contribution is 7.92. The number of carbonyl (C=O) groups excluding carboxylic acids is 1. The summed E-state index contributed by atoms with van der Waals surface area (Å²) >= 11 is 5.93. The van der Waals surface area contributed by atoms with Crippen molar-refractivity contribution in [2.24, 2.45) is 0 Å². The summed E-state index contributed by atoms with van der Waals surface area (Å²) in [5, 5.41) is 3.21. The normalized spacial score (nSPS) is 11.3. The van der Waals surface area contributed by atoms with Crippen molar-refractivity contribution in [2.75, 3.05) is 18.0 Å². The molecule has 35 heavy (non-hydrogen) atoms. The van der Waals surface area contributed by atoms with E-state index in [-0.39, 0.29) is 24.1 Å². The number of rotatable bonds is 10. The first-order chi connectivity index (χ1) is 16.6. The molecule has 0 bridgehead atoms. The van der Waals surface area contributed by atoms with Gasteiger partial charge in [-0.2, -0.15) is 0 Å². The zero-order chi connectivity index (χ0) is 25.6.